The number of nitrogens with zero attached hydrogens (tertiary/aromatic N) is 2. The lowest BCUT2D eigenvalue weighted by Crippen LogP contribution is -2.39. The molecular formula is C19H16Cl2N4O3. The summed E-state index contributed by atoms with van der Waals surface area (Å²) in [6, 6.07) is 11.7. The summed E-state index contributed by atoms with van der Waals surface area (Å²) in [5.41, 5.74) is 0.893. The first-order chi connectivity index (χ1) is 13.4. The number of benzene rings is 2. The van der Waals surface area contributed by atoms with E-state index in [1.165, 1.54) is 23.0 Å². The SMILES string of the molecule is O=C(CCn1cnc2c(Cl)cc(Cl)cc2c1=O)NC(=O)NCc1ccccc1. The van der Waals surface area contributed by atoms with Crippen molar-refractivity contribution < 1.29 is 9.59 Å². The molecule has 0 spiro atoms. The molecule has 0 radical (unpaired) electrons. The third-order valence-electron chi connectivity index (χ3n) is 3.97. The summed E-state index contributed by atoms with van der Waals surface area (Å²) >= 11 is 12.0. The average molecular weight is 419 g/mol. The summed E-state index contributed by atoms with van der Waals surface area (Å²) in [4.78, 5) is 40.4. The monoisotopic (exact) mass is 418 g/mol. The number of rotatable bonds is 5. The van der Waals surface area contributed by atoms with Crippen LogP contribution in [0.4, 0.5) is 4.79 Å². The molecule has 0 atom stereocenters. The van der Waals surface area contributed by atoms with Crippen LogP contribution >= 0.6 is 23.2 Å². The zero-order chi connectivity index (χ0) is 20.1. The van der Waals surface area contributed by atoms with Crippen molar-refractivity contribution in [1.82, 2.24) is 20.2 Å². The largest absolute Gasteiger partial charge is 0.334 e. The number of urea groups is 1. The first-order valence-electron chi connectivity index (χ1n) is 8.40. The number of aromatic nitrogens is 2. The average Bonchev–Trinajstić information content (AvgIpc) is 2.67. The number of imide groups is 1. The smallest absolute Gasteiger partial charge is 0.321 e. The van der Waals surface area contributed by atoms with Crippen molar-refractivity contribution in [2.75, 3.05) is 0 Å². The summed E-state index contributed by atoms with van der Waals surface area (Å²) in [7, 11) is 0. The summed E-state index contributed by atoms with van der Waals surface area (Å²) in [5.74, 6) is -0.512. The molecule has 144 valence electrons. The van der Waals surface area contributed by atoms with E-state index in [9.17, 15) is 14.4 Å². The van der Waals surface area contributed by atoms with Gasteiger partial charge in [-0.15, -0.1) is 0 Å². The number of hydrogen-bond acceptors (Lipinski definition) is 4. The number of aryl methyl sites for hydroxylation is 1. The van der Waals surface area contributed by atoms with Crippen LogP contribution in [0.3, 0.4) is 0 Å². The number of nitrogens with one attached hydrogen (secondary N) is 2. The highest BCUT2D eigenvalue weighted by atomic mass is 35.5. The Bertz CT molecular complexity index is 1080. The van der Waals surface area contributed by atoms with E-state index in [1.807, 2.05) is 30.3 Å². The molecule has 3 rings (SSSR count). The summed E-state index contributed by atoms with van der Waals surface area (Å²) in [6.07, 6.45) is 1.24. The lowest BCUT2D eigenvalue weighted by atomic mass is 10.2. The predicted octanol–water partition coefficient (Wildman–Crippen LogP) is 3.12. The van der Waals surface area contributed by atoms with Crippen LogP contribution in [0.1, 0.15) is 12.0 Å². The summed E-state index contributed by atoms with van der Waals surface area (Å²) < 4.78 is 1.27. The quantitative estimate of drug-likeness (QED) is 0.665. The van der Waals surface area contributed by atoms with Crippen molar-refractivity contribution in [2.24, 2.45) is 0 Å². The lowest BCUT2D eigenvalue weighted by molar-refractivity contribution is -0.120. The molecule has 0 aliphatic heterocycles. The number of carbonyl (C=O) groups is 2. The Balaban J connectivity index is 1.58. The van der Waals surface area contributed by atoms with Crippen LogP contribution in [0.2, 0.25) is 10.0 Å². The number of hydrogen-bond donors (Lipinski definition) is 2. The van der Waals surface area contributed by atoms with Crippen LogP contribution < -0.4 is 16.2 Å². The fourth-order valence-electron chi connectivity index (χ4n) is 2.59. The highest BCUT2D eigenvalue weighted by Gasteiger charge is 2.11. The first-order valence-corrected chi connectivity index (χ1v) is 9.15. The van der Waals surface area contributed by atoms with Gasteiger partial charge in [-0.2, -0.15) is 0 Å². The second kappa shape index (κ2) is 8.86. The highest BCUT2D eigenvalue weighted by molar-refractivity contribution is 6.38. The van der Waals surface area contributed by atoms with Gasteiger partial charge in [0, 0.05) is 24.5 Å². The molecule has 3 aromatic rings. The molecule has 0 aliphatic carbocycles. The van der Waals surface area contributed by atoms with E-state index in [0.29, 0.717) is 17.1 Å². The van der Waals surface area contributed by atoms with Gasteiger partial charge in [0.25, 0.3) is 5.56 Å². The van der Waals surface area contributed by atoms with Gasteiger partial charge in [0.15, 0.2) is 0 Å². The maximum absolute atomic E-state index is 12.5. The van der Waals surface area contributed by atoms with Crippen LogP contribution in [0, 0.1) is 0 Å². The van der Waals surface area contributed by atoms with Crippen molar-refractivity contribution in [3.63, 3.8) is 0 Å². The molecule has 28 heavy (non-hydrogen) atoms. The Morgan fingerprint density at radius 3 is 2.61 bits per heavy atom. The Hall–Kier alpha value is -2.90. The molecule has 2 aromatic carbocycles. The van der Waals surface area contributed by atoms with Gasteiger partial charge in [0.1, 0.15) is 0 Å². The van der Waals surface area contributed by atoms with E-state index in [2.05, 4.69) is 15.6 Å². The van der Waals surface area contributed by atoms with Crippen LogP contribution in [-0.4, -0.2) is 21.5 Å². The second-order valence-electron chi connectivity index (χ2n) is 5.99. The fraction of sp³-hybridized carbons (Fsp3) is 0.158. The third-order valence-corrected chi connectivity index (χ3v) is 4.48. The fourth-order valence-corrected chi connectivity index (χ4v) is 3.13. The van der Waals surface area contributed by atoms with Crippen molar-refractivity contribution >= 4 is 46.0 Å². The van der Waals surface area contributed by atoms with Crippen LogP contribution in [0.15, 0.2) is 53.6 Å². The van der Waals surface area contributed by atoms with Gasteiger partial charge in [0.05, 0.1) is 22.3 Å². The van der Waals surface area contributed by atoms with E-state index >= 15 is 0 Å². The van der Waals surface area contributed by atoms with Crippen LogP contribution in [0.5, 0.6) is 0 Å². The Kier molecular flexibility index (Phi) is 6.28. The predicted molar refractivity (Wildman–Crippen MR) is 107 cm³/mol. The molecule has 0 bridgehead atoms. The number of carbonyl (C=O) groups excluding carboxylic acids is 2. The van der Waals surface area contributed by atoms with Gasteiger partial charge in [-0.3, -0.25) is 19.5 Å². The Labute approximate surface area is 170 Å². The molecule has 2 N–H and O–H groups in total. The van der Waals surface area contributed by atoms with Gasteiger partial charge in [-0.05, 0) is 17.7 Å². The number of halogens is 2. The van der Waals surface area contributed by atoms with Crippen molar-refractivity contribution in [3.05, 3.63) is 74.8 Å². The zero-order valence-electron chi connectivity index (χ0n) is 14.6. The Morgan fingerprint density at radius 2 is 1.86 bits per heavy atom. The van der Waals surface area contributed by atoms with Crippen LogP contribution in [0.25, 0.3) is 10.9 Å². The molecule has 0 unspecified atom stereocenters. The molecule has 0 aliphatic rings. The maximum atomic E-state index is 12.5. The van der Waals surface area contributed by atoms with E-state index in [4.69, 9.17) is 23.2 Å². The summed E-state index contributed by atoms with van der Waals surface area (Å²) in [5, 5.41) is 5.69. The molecule has 0 fully saturated rings. The molecular weight excluding hydrogens is 403 g/mol. The molecule has 7 nitrogen and oxygen atoms in total. The molecule has 1 heterocycles. The van der Waals surface area contributed by atoms with E-state index < -0.39 is 11.9 Å². The minimum Gasteiger partial charge on any atom is -0.334 e. The number of amides is 3. The van der Waals surface area contributed by atoms with Crippen LogP contribution in [-0.2, 0) is 17.9 Å². The molecule has 0 saturated heterocycles. The second-order valence-corrected chi connectivity index (χ2v) is 6.84. The molecule has 9 heteroatoms. The van der Waals surface area contributed by atoms with Gasteiger partial charge in [-0.25, -0.2) is 9.78 Å². The summed E-state index contributed by atoms with van der Waals surface area (Å²) in [6.45, 7) is 0.360. The van der Waals surface area contributed by atoms with Gasteiger partial charge in [0.2, 0.25) is 5.91 Å². The van der Waals surface area contributed by atoms with Gasteiger partial charge >= 0.3 is 6.03 Å². The molecule has 1 aromatic heterocycles. The first kappa shape index (κ1) is 19.9. The molecule has 0 saturated carbocycles. The van der Waals surface area contributed by atoms with E-state index in [1.54, 1.807) is 0 Å². The zero-order valence-corrected chi connectivity index (χ0v) is 16.1. The standard InChI is InChI=1S/C19H16Cl2N4O3/c20-13-8-14-17(15(21)9-13)23-11-25(18(14)27)7-6-16(26)24-19(28)22-10-12-4-2-1-3-5-12/h1-5,8-9,11H,6-7,10H2,(H2,22,24,26,28). The normalized spacial score (nSPS) is 10.6. The lowest BCUT2D eigenvalue weighted by Gasteiger charge is -2.09. The van der Waals surface area contributed by atoms with Gasteiger partial charge < -0.3 is 5.32 Å². The topological polar surface area (TPSA) is 93.1 Å². The van der Waals surface area contributed by atoms with Crippen molar-refractivity contribution in [1.29, 1.82) is 0 Å². The minimum absolute atomic E-state index is 0.0592. The van der Waals surface area contributed by atoms with Crippen molar-refractivity contribution in [2.45, 2.75) is 19.5 Å². The Morgan fingerprint density at radius 1 is 1.11 bits per heavy atom. The maximum Gasteiger partial charge on any atom is 0.321 e. The van der Waals surface area contributed by atoms with E-state index in [0.717, 1.165) is 5.56 Å². The minimum atomic E-state index is -0.601. The van der Waals surface area contributed by atoms with Crippen molar-refractivity contribution in [3.8, 4) is 0 Å². The van der Waals surface area contributed by atoms with E-state index in [-0.39, 0.29) is 28.9 Å². The third kappa shape index (κ3) is 4.88. The van der Waals surface area contributed by atoms with Gasteiger partial charge in [-0.1, -0.05) is 53.5 Å². The molecule has 3 amide bonds. The highest BCUT2D eigenvalue weighted by Crippen LogP contribution is 2.23. The number of fused-ring (bicyclic) bond motifs is 1.